The lowest BCUT2D eigenvalue weighted by atomic mass is 10.3. The Morgan fingerprint density at radius 2 is 2.43 bits per heavy atom. The molecule has 1 saturated heterocycles. The molecule has 0 spiro atoms. The summed E-state index contributed by atoms with van der Waals surface area (Å²) in [5.41, 5.74) is 0. The van der Waals surface area contributed by atoms with Gasteiger partial charge in [0.25, 0.3) is 0 Å². The molecule has 1 aliphatic rings. The van der Waals surface area contributed by atoms with Crippen molar-refractivity contribution in [1.82, 2.24) is 5.01 Å². The van der Waals surface area contributed by atoms with Crippen molar-refractivity contribution in [1.29, 1.82) is 0 Å². The highest BCUT2D eigenvalue weighted by Gasteiger charge is 2.26. The summed E-state index contributed by atoms with van der Waals surface area (Å²) in [4.78, 5) is 5.48. The highest BCUT2D eigenvalue weighted by molar-refractivity contribution is 4.67. The third-order valence-electron chi connectivity index (χ3n) is 2.45. The van der Waals surface area contributed by atoms with Crippen LogP contribution in [0.5, 0.6) is 0 Å². The van der Waals surface area contributed by atoms with E-state index < -0.39 is 0 Å². The zero-order valence-corrected chi connectivity index (χ0v) is 8.98. The van der Waals surface area contributed by atoms with Gasteiger partial charge in [0.15, 0.2) is 0 Å². The Bertz CT molecular complexity index is 196. The number of unbranched alkanes of at least 4 members (excludes halogenated alkanes) is 1. The number of nitrogens with zero attached hydrogens (tertiary/aromatic N) is 3. The van der Waals surface area contributed by atoms with E-state index in [1.54, 1.807) is 5.01 Å². The monoisotopic (exact) mass is 201 g/mol. The standard InChI is InChI=1S/C9H19N3O2/c1-3-4-8-14-10-12(13)11-7-5-6-9(11)2/h9H,3-8H2,1-2H3/b12-10+/t9-/m0/s1. The predicted molar refractivity (Wildman–Crippen MR) is 52.3 cm³/mol. The van der Waals surface area contributed by atoms with Gasteiger partial charge in [0.2, 0.25) is 5.28 Å². The van der Waals surface area contributed by atoms with Crippen molar-refractivity contribution in [2.24, 2.45) is 5.28 Å². The van der Waals surface area contributed by atoms with Crippen LogP contribution in [0.15, 0.2) is 5.28 Å². The topological polar surface area (TPSA) is 50.9 Å². The van der Waals surface area contributed by atoms with Gasteiger partial charge in [0.1, 0.15) is 6.61 Å². The molecule has 0 aromatic rings. The van der Waals surface area contributed by atoms with Gasteiger partial charge in [0, 0.05) is 0 Å². The Kier molecular flexibility index (Phi) is 4.49. The average Bonchev–Trinajstić information content (AvgIpc) is 2.59. The van der Waals surface area contributed by atoms with Gasteiger partial charge in [-0.15, -0.1) is 5.01 Å². The fourth-order valence-corrected chi connectivity index (χ4v) is 1.52. The summed E-state index contributed by atoms with van der Waals surface area (Å²) in [6.45, 7) is 5.41. The van der Waals surface area contributed by atoms with Crippen molar-refractivity contribution in [2.45, 2.75) is 45.6 Å². The maximum absolute atomic E-state index is 11.4. The normalized spacial score (nSPS) is 22.9. The van der Waals surface area contributed by atoms with Crippen molar-refractivity contribution in [3.8, 4) is 0 Å². The summed E-state index contributed by atoms with van der Waals surface area (Å²) in [5, 5.41) is 16.6. The van der Waals surface area contributed by atoms with Crippen LogP contribution in [-0.4, -0.2) is 29.2 Å². The second kappa shape index (κ2) is 5.67. The molecule has 14 heavy (non-hydrogen) atoms. The predicted octanol–water partition coefficient (Wildman–Crippen LogP) is 2.08. The van der Waals surface area contributed by atoms with Crippen LogP contribution in [0.1, 0.15) is 39.5 Å². The molecule has 1 aliphatic heterocycles. The lowest BCUT2D eigenvalue weighted by Gasteiger charge is -2.15. The van der Waals surface area contributed by atoms with Crippen LogP contribution in [0.4, 0.5) is 0 Å². The van der Waals surface area contributed by atoms with Crippen molar-refractivity contribution >= 4 is 0 Å². The molecule has 82 valence electrons. The Morgan fingerprint density at radius 3 is 3.00 bits per heavy atom. The fraction of sp³-hybridized carbons (Fsp3) is 1.00. The fourth-order valence-electron chi connectivity index (χ4n) is 1.52. The average molecular weight is 201 g/mol. The lowest BCUT2D eigenvalue weighted by molar-refractivity contribution is -0.713. The molecule has 5 nitrogen and oxygen atoms in total. The van der Waals surface area contributed by atoms with E-state index in [0.29, 0.717) is 11.6 Å². The summed E-state index contributed by atoms with van der Waals surface area (Å²) in [5.74, 6) is 0. The Hall–Kier alpha value is -1.00. The first-order chi connectivity index (χ1) is 6.75. The quantitative estimate of drug-likeness (QED) is 0.296. The van der Waals surface area contributed by atoms with Gasteiger partial charge in [-0.05, 0) is 26.2 Å². The van der Waals surface area contributed by atoms with Crippen LogP contribution in [0.3, 0.4) is 0 Å². The van der Waals surface area contributed by atoms with E-state index in [9.17, 15) is 5.21 Å². The maximum Gasteiger partial charge on any atom is 0.233 e. The van der Waals surface area contributed by atoms with Gasteiger partial charge >= 0.3 is 0 Å². The maximum atomic E-state index is 11.4. The number of hydrogen-bond acceptors (Lipinski definition) is 3. The van der Waals surface area contributed by atoms with Crippen LogP contribution in [-0.2, 0) is 4.84 Å². The third-order valence-corrected chi connectivity index (χ3v) is 2.45. The molecule has 1 heterocycles. The molecule has 0 unspecified atom stereocenters. The van der Waals surface area contributed by atoms with E-state index in [2.05, 4.69) is 12.2 Å². The summed E-state index contributed by atoms with van der Waals surface area (Å²) in [7, 11) is 0. The third kappa shape index (κ3) is 3.05. The number of rotatable bonds is 5. The summed E-state index contributed by atoms with van der Waals surface area (Å²) >= 11 is 0. The van der Waals surface area contributed by atoms with Gasteiger partial charge in [0.05, 0.1) is 17.6 Å². The summed E-state index contributed by atoms with van der Waals surface area (Å²) in [6, 6.07) is 0.283. The van der Waals surface area contributed by atoms with Crippen molar-refractivity contribution < 1.29 is 9.81 Å². The first-order valence-corrected chi connectivity index (χ1v) is 5.32. The molecule has 0 amide bonds. The molecule has 5 heteroatoms. The number of hydrogen-bond donors (Lipinski definition) is 0. The van der Waals surface area contributed by atoms with Crippen LogP contribution < -0.4 is 0 Å². The van der Waals surface area contributed by atoms with Crippen molar-refractivity contribution in [3.63, 3.8) is 0 Å². The molecule has 1 fully saturated rings. The van der Waals surface area contributed by atoms with Gasteiger partial charge in [-0.1, -0.05) is 13.3 Å². The SMILES string of the molecule is CCCCO/N=[N+](/[O-])N1CCC[C@@H]1C. The zero-order chi connectivity index (χ0) is 10.4. The van der Waals surface area contributed by atoms with E-state index in [4.69, 9.17) is 4.84 Å². The minimum Gasteiger partial charge on any atom is -0.569 e. The van der Waals surface area contributed by atoms with Crippen LogP contribution in [0.2, 0.25) is 0 Å². The summed E-state index contributed by atoms with van der Waals surface area (Å²) < 4.78 is 0. The van der Waals surface area contributed by atoms with E-state index in [0.717, 1.165) is 32.2 Å². The lowest BCUT2D eigenvalue weighted by Crippen LogP contribution is -2.33. The molecule has 0 bridgehead atoms. The van der Waals surface area contributed by atoms with Crippen molar-refractivity contribution in [2.75, 3.05) is 13.2 Å². The van der Waals surface area contributed by atoms with Crippen molar-refractivity contribution in [3.05, 3.63) is 5.21 Å². The smallest absolute Gasteiger partial charge is 0.233 e. The second-order valence-electron chi connectivity index (χ2n) is 3.68. The molecular weight excluding hydrogens is 182 g/mol. The summed E-state index contributed by atoms with van der Waals surface area (Å²) in [6.07, 6.45) is 4.11. The first kappa shape index (κ1) is 11.1. The zero-order valence-electron chi connectivity index (χ0n) is 8.98. The molecule has 0 radical (unpaired) electrons. The Labute approximate surface area is 84.9 Å². The second-order valence-corrected chi connectivity index (χ2v) is 3.68. The largest absolute Gasteiger partial charge is 0.569 e. The van der Waals surface area contributed by atoms with E-state index in [1.807, 2.05) is 6.92 Å². The molecule has 0 N–H and O–H groups in total. The van der Waals surface area contributed by atoms with Gasteiger partial charge in [-0.2, -0.15) is 0 Å². The molecule has 0 saturated carbocycles. The highest BCUT2D eigenvalue weighted by Crippen LogP contribution is 2.16. The molecule has 0 aromatic heterocycles. The Morgan fingerprint density at radius 1 is 1.64 bits per heavy atom. The van der Waals surface area contributed by atoms with Gasteiger partial charge < -0.3 is 10.0 Å². The highest BCUT2D eigenvalue weighted by atomic mass is 16.7. The van der Waals surface area contributed by atoms with Gasteiger partial charge in [-0.25, -0.2) is 0 Å². The molecule has 1 atom stereocenters. The first-order valence-electron chi connectivity index (χ1n) is 5.32. The Balaban J connectivity index is 2.28. The number of hydrazine groups is 1. The van der Waals surface area contributed by atoms with Crippen LogP contribution in [0.25, 0.3) is 0 Å². The van der Waals surface area contributed by atoms with E-state index in [-0.39, 0.29) is 6.04 Å². The molecule has 0 aromatic carbocycles. The molecule has 0 aliphatic carbocycles. The molecule has 1 rings (SSSR count). The van der Waals surface area contributed by atoms with Crippen LogP contribution >= 0.6 is 0 Å². The van der Waals surface area contributed by atoms with Gasteiger partial charge in [-0.3, -0.25) is 0 Å². The minimum atomic E-state index is 0.283. The van der Waals surface area contributed by atoms with Crippen LogP contribution in [0, 0.1) is 5.21 Å². The van der Waals surface area contributed by atoms with E-state index in [1.165, 1.54) is 0 Å². The van der Waals surface area contributed by atoms with E-state index >= 15 is 0 Å². The minimum absolute atomic E-state index is 0.283. The molecular formula is C9H19N3O2.